The molecule has 0 aliphatic carbocycles. The zero-order valence-corrected chi connectivity index (χ0v) is 14.1. The molecule has 0 saturated carbocycles. The van der Waals surface area contributed by atoms with Crippen LogP contribution in [0.25, 0.3) is 0 Å². The average Bonchev–Trinajstić information content (AvgIpc) is 3.22. The summed E-state index contributed by atoms with van der Waals surface area (Å²) in [5.41, 5.74) is 0. The van der Waals surface area contributed by atoms with Gasteiger partial charge in [0.05, 0.1) is 12.9 Å². The monoisotopic (exact) mass is 335 g/mol. The van der Waals surface area contributed by atoms with Crippen LogP contribution >= 0.6 is 0 Å². The number of amides is 2. The molecule has 3 heterocycles. The summed E-state index contributed by atoms with van der Waals surface area (Å²) in [5.74, 6) is 0.360. The zero-order valence-electron chi connectivity index (χ0n) is 14.1. The van der Waals surface area contributed by atoms with Crippen LogP contribution in [-0.2, 0) is 4.74 Å². The molecule has 2 amide bonds. The van der Waals surface area contributed by atoms with Gasteiger partial charge in [0, 0.05) is 45.3 Å². The van der Waals surface area contributed by atoms with Gasteiger partial charge in [0.25, 0.3) is 5.91 Å². The first-order chi connectivity index (χ1) is 11.7. The van der Waals surface area contributed by atoms with Crippen LogP contribution in [0.2, 0.25) is 0 Å². The molecule has 0 aromatic carbocycles. The molecular weight excluding hydrogens is 310 g/mol. The lowest BCUT2D eigenvalue weighted by atomic mass is 10.2. The van der Waals surface area contributed by atoms with Crippen LogP contribution in [0.4, 0.5) is 4.79 Å². The normalized spacial score (nSPS) is 22.5. The number of carbonyl (C=O) groups excluding carboxylic acids is 2. The topological polar surface area (TPSA) is 66.2 Å². The Morgan fingerprint density at radius 1 is 1.21 bits per heavy atom. The predicted molar refractivity (Wildman–Crippen MR) is 87.8 cm³/mol. The van der Waals surface area contributed by atoms with Gasteiger partial charge >= 0.3 is 6.09 Å². The van der Waals surface area contributed by atoms with E-state index in [4.69, 9.17) is 9.15 Å². The second kappa shape index (κ2) is 7.70. The van der Waals surface area contributed by atoms with Gasteiger partial charge in [-0.25, -0.2) is 4.79 Å². The fraction of sp³-hybridized carbons (Fsp3) is 0.647. The number of carbonyl (C=O) groups is 2. The third-order valence-electron chi connectivity index (χ3n) is 4.76. The summed E-state index contributed by atoms with van der Waals surface area (Å²) in [5, 5.41) is 0. The van der Waals surface area contributed by atoms with Gasteiger partial charge in [0.1, 0.15) is 0 Å². The van der Waals surface area contributed by atoms with Gasteiger partial charge in [0.2, 0.25) is 0 Å². The Balaban J connectivity index is 1.53. The Kier molecular flexibility index (Phi) is 5.40. The first kappa shape index (κ1) is 16.8. The molecule has 2 aliphatic rings. The summed E-state index contributed by atoms with van der Waals surface area (Å²) in [6.45, 7) is 6.90. The Bertz CT molecular complexity index is 560. The smallest absolute Gasteiger partial charge is 0.409 e. The molecule has 2 fully saturated rings. The van der Waals surface area contributed by atoms with Crippen LogP contribution in [-0.4, -0.2) is 78.6 Å². The van der Waals surface area contributed by atoms with Crippen LogP contribution < -0.4 is 0 Å². The predicted octanol–water partition coefficient (Wildman–Crippen LogP) is 1.66. The second-order valence-corrected chi connectivity index (χ2v) is 6.25. The minimum absolute atomic E-state index is 0.0403. The summed E-state index contributed by atoms with van der Waals surface area (Å²) in [4.78, 5) is 30.3. The zero-order chi connectivity index (χ0) is 16.9. The van der Waals surface area contributed by atoms with Crippen LogP contribution in [0.5, 0.6) is 0 Å². The maximum Gasteiger partial charge on any atom is 0.409 e. The Labute approximate surface area is 142 Å². The third-order valence-corrected chi connectivity index (χ3v) is 4.76. The second-order valence-electron chi connectivity index (χ2n) is 6.25. The Morgan fingerprint density at radius 3 is 2.83 bits per heavy atom. The molecule has 1 aromatic heterocycles. The van der Waals surface area contributed by atoms with Crippen molar-refractivity contribution in [3.05, 3.63) is 24.2 Å². The fourth-order valence-electron chi connectivity index (χ4n) is 3.48. The number of rotatable bonds is 3. The third kappa shape index (κ3) is 3.72. The van der Waals surface area contributed by atoms with Crippen molar-refractivity contribution >= 4 is 12.0 Å². The molecular formula is C17H25N3O4. The summed E-state index contributed by atoms with van der Waals surface area (Å²) < 4.78 is 10.3. The van der Waals surface area contributed by atoms with E-state index in [9.17, 15) is 9.59 Å². The molecule has 0 bridgehead atoms. The fourth-order valence-corrected chi connectivity index (χ4v) is 3.48. The van der Waals surface area contributed by atoms with E-state index in [1.807, 2.05) is 11.8 Å². The van der Waals surface area contributed by atoms with Crippen LogP contribution in [0.15, 0.2) is 22.8 Å². The highest BCUT2D eigenvalue weighted by atomic mass is 16.6. The minimum Gasteiger partial charge on any atom is -0.459 e. The van der Waals surface area contributed by atoms with Crippen molar-refractivity contribution in [3.63, 3.8) is 0 Å². The van der Waals surface area contributed by atoms with E-state index in [2.05, 4.69) is 4.90 Å². The van der Waals surface area contributed by atoms with E-state index < -0.39 is 0 Å². The van der Waals surface area contributed by atoms with E-state index >= 15 is 0 Å². The number of hydrogen-bond acceptors (Lipinski definition) is 5. The molecule has 0 radical (unpaired) electrons. The molecule has 3 rings (SSSR count). The number of hydrogen-bond donors (Lipinski definition) is 0. The van der Waals surface area contributed by atoms with Crippen LogP contribution in [0, 0.1) is 0 Å². The number of nitrogens with zero attached hydrogens (tertiary/aromatic N) is 3. The van der Waals surface area contributed by atoms with Crippen molar-refractivity contribution in [3.8, 4) is 0 Å². The van der Waals surface area contributed by atoms with E-state index in [0.29, 0.717) is 31.5 Å². The Morgan fingerprint density at radius 2 is 2.08 bits per heavy atom. The molecule has 132 valence electrons. The number of furan rings is 1. The Hall–Kier alpha value is -2.02. The summed E-state index contributed by atoms with van der Waals surface area (Å²) in [6.07, 6.45) is 3.21. The molecule has 2 aliphatic heterocycles. The van der Waals surface area contributed by atoms with E-state index in [-0.39, 0.29) is 12.0 Å². The summed E-state index contributed by atoms with van der Waals surface area (Å²) in [6, 6.07) is 3.80. The molecule has 0 spiro atoms. The highest BCUT2D eigenvalue weighted by molar-refractivity contribution is 5.91. The van der Waals surface area contributed by atoms with Gasteiger partial charge in [-0.15, -0.1) is 0 Å². The van der Waals surface area contributed by atoms with E-state index in [0.717, 1.165) is 39.0 Å². The van der Waals surface area contributed by atoms with Gasteiger partial charge in [-0.2, -0.15) is 0 Å². The molecule has 7 heteroatoms. The molecule has 0 N–H and O–H groups in total. The first-order valence-electron chi connectivity index (χ1n) is 8.67. The lowest BCUT2D eigenvalue weighted by Crippen LogP contribution is -2.41. The van der Waals surface area contributed by atoms with Gasteiger partial charge in [-0.1, -0.05) is 0 Å². The number of likely N-dealkylation sites (tertiary alicyclic amines) is 1. The van der Waals surface area contributed by atoms with E-state index in [1.165, 1.54) is 6.26 Å². The highest BCUT2D eigenvalue weighted by Crippen LogP contribution is 2.19. The lowest BCUT2D eigenvalue weighted by molar-refractivity contribution is 0.0726. The SMILES string of the molecule is CCOC(=O)N1CCC(N2CCCN(C(=O)c3ccco3)CC2)C1. The summed E-state index contributed by atoms with van der Waals surface area (Å²) in [7, 11) is 0. The quantitative estimate of drug-likeness (QED) is 0.840. The van der Waals surface area contributed by atoms with Crippen LogP contribution in [0.3, 0.4) is 0 Å². The molecule has 1 unspecified atom stereocenters. The molecule has 1 atom stereocenters. The van der Waals surface area contributed by atoms with Crippen molar-refractivity contribution in [2.45, 2.75) is 25.8 Å². The summed E-state index contributed by atoms with van der Waals surface area (Å²) >= 11 is 0. The minimum atomic E-state index is -0.218. The average molecular weight is 335 g/mol. The van der Waals surface area contributed by atoms with Crippen LogP contribution in [0.1, 0.15) is 30.3 Å². The molecule has 24 heavy (non-hydrogen) atoms. The van der Waals surface area contributed by atoms with Crippen molar-refractivity contribution in [1.29, 1.82) is 0 Å². The maximum atomic E-state index is 12.4. The van der Waals surface area contributed by atoms with Gasteiger partial charge < -0.3 is 19.0 Å². The van der Waals surface area contributed by atoms with Crippen molar-refractivity contribution in [1.82, 2.24) is 14.7 Å². The van der Waals surface area contributed by atoms with Crippen molar-refractivity contribution < 1.29 is 18.7 Å². The standard InChI is InChI=1S/C17H25N3O4/c1-2-23-17(22)20-9-6-14(13-20)18-7-4-8-19(11-10-18)16(21)15-5-3-12-24-15/h3,5,12,14H,2,4,6-11,13H2,1H3. The maximum absolute atomic E-state index is 12.4. The van der Waals surface area contributed by atoms with Crippen molar-refractivity contribution in [2.24, 2.45) is 0 Å². The first-order valence-corrected chi connectivity index (χ1v) is 8.67. The molecule has 1 aromatic rings. The van der Waals surface area contributed by atoms with Gasteiger partial charge in [0.15, 0.2) is 5.76 Å². The molecule has 7 nitrogen and oxygen atoms in total. The highest BCUT2D eigenvalue weighted by Gasteiger charge is 2.32. The van der Waals surface area contributed by atoms with Gasteiger partial charge in [-0.05, 0) is 31.9 Å². The van der Waals surface area contributed by atoms with Gasteiger partial charge in [-0.3, -0.25) is 9.69 Å². The lowest BCUT2D eigenvalue weighted by Gasteiger charge is -2.27. The van der Waals surface area contributed by atoms with E-state index in [1.54, 1.807) is 17.0 Å². The largest absolute Gasteiger partial charge is 0.459 e. The number of ether oxygens (including phenoxy) is 1. The molecule has 2 saturated heterocycles. The van der Waals surface area contributed by atoms with Crippen molar-refractivity contribution in [2.75, 3.05) is 45.9 Å².